The molecule has 1 N–H and O–H groups in total. The van der Waals surface area contributed by atoms with Crippen molar-refractivity contribution in [3.63, 3.8) is 0 Å². The summed E-state index contributed by atoms with van der Waals surface area (Å²) in [7, 11) is 1.72. The van der Waals surface area contributed by atoms with Crippen molar-refractivity contribution in [1.82, 2.24) is 29.4 Å². The highest BCUT2D eigenvalue weighted by molar-refractivity contribution is 6.01. The fourth-order valence-electron chi connectivity index (χ4n) is 2.28. The monoisotopic (exact) mass is 240 g/mol. The molecule has 0 aliphatic carbocycles. The molecule has 0 unspecified atom stereocenters. The SMILES string of the molecule is Cn1c(=O)c2cnc3[nH]ncc3c2n2nccc12. The van der Waals surface area contributed by atoms with E-state index in [2.05, 4.69) is 20.3 Å². The molecule has 0 spiro atoms. The number of nitrogens with one attached hydrogen (secondary N) is 1. The Bertz CT molecular complexity index is 960. The Labute approximate surface area is 99.7 Å². The Morgan fingerprint density at radius 2 is 2.17 bits per heavy atom. The fourth-order valence-corrected chi connectivity index (χ4v) is 2.28. The molecule has 0 bridgehead atoms. The van der Waals surface area contributed by atoms with Crippen LogP contribution in [-0.2, 0) is 7.05 Å². The van der Waals surface area contributed by atoms with Crippen LogP contribution in [0.1, 0.15) is 0 Å². The predicted molar refractivity (Wildman–Crippen MR) is 65.4 cm³/mol. The van der Waals surface area contributed by atoms with Crippen molar-refractivity contribution in [3.05, 3.63) is 35.0 Å². The van der Waals surface area contributed by atoms with Crippen molar-refractivity contribution >= 4 is 27.6 Å². The smallest absolute Gasteiger partial charge is 0.262 e. The first-order chi connectivity index (χ1) is 8.77. The van der Waals surface area contributed by atoms with Crippen LogP contribution in [0.4, 0.5) is 0 Å². The normalized spacial score (nSPS) is 11.8. The molecule has 7 heteroatoms. The van der Waals surface area contributed by atoms with E-state index in [9.17, 15) is 4.79 Å². The van der Waals surface area contributed by atoms with Crippen LogP contribution in [0.15, 0.2) is 29.5 Å². The number of aromatic nitrogens is 6. The van der Waals surface area contributed by atoms with Gasteiger partial charge in [0.1, 0.15) is 5.65 Å². The minimum atomic E-state index is -0.0893. The van der Waals surface area contributed by atoms with Crippen LogP contribution >= 0.6 is 0 Å². The summed E-state index contributed by atoms with van der Waals surface area (Å²) in [6.07, 6.45) is 4.88. The molecule has 0 radical (unpaired) electrons. The average Bonchev–Trinajstić information content (AvgIpc) is 3.02. The first-order valence-electron chi connectivity index (χ1n) is 5.42. The summed E-state index contributed by atoms with van der Waals surface area (Å²) >= 11 is 0. The molecule has 0 amide bonds. The van der Waals surface area contributed by atoms with Crippen molar-refractivity contribution in [1.29, 1.82) is 0 Å². The molecule has 0 atom stereocenters. The molecule has 0 aliphatic heterocycles. The number of aryl methyl sites for hydroxylation is 1. The highest BCUT2D eigenvalue weighted by atomic mass is 16.1. The summed E-state index contributed by atoms with van der Waals surface area (Å²) in [5, 5.41) is 12.3. The van der Waals surface area contributed by atoms with E-state index < -0.39 is 0 Å². The van der Waals surface area contributed by atoms with E-state index in [1.165, 1.54) is 0 Å². The van der Waals surface area contributed by atoms with Gasteiger partial charge in [0, 0.05) is 19.3 Å². The number of H-pyrrole nitrogens is 1. The van der Waals surface area contributed by atoms with Crippen LogP contribution in [0.2, 0.25) is 0 Å². The maximum absolute atomic E-state index is 12.3. The van der Waals surface area contributed by atoms with Crippen LogP contribution in [0, 0.1) is 0 Å². The Morgan fingerprint density at radius 3 is 3.06 bits per heavy atom. The van der Waals surface area contributed by atoms with E-state index in [1.807, 2.05) is 0 Å². The van der Waals surface area contributed by atoms with E-state index in [0.717, 1.165) is 16.6 Å². The third-order valence-corrected chi connectivity index (χ3v) is 3.17. The molecule has 4 rings (SSSR count). The minimum Gasteiger partial charge on any atom is -0.296 e. The second-order valence-electron chi connectivity index (χ2n) is 4.12. The van der Waals surface area contributed by atoms with Crippen molar-refractivity contribution in [2.24, 2.45) is 7.05 Å². The minimum absolute atomic E-state index is 0.0893. The van der Waals surface area contributed by atoms with Crippen LogP contribution < -0.4 is 5.56 Å². The van der Waals surface area contributed by atoms with Gasteiger partial charge < -0.3 is 0 Å². The maximum Gasteiger partial charge on any atom is 0.262 e. The molecule has 18 heavy (non-hydrogen) atoms. The van der Waals surface area contributed by atoms with Gasteiger partial charge in [0.25, 0.3) is 5.56 Å². The summed E-state index contributed by atoms with van der Waals surface area (Å²) < 4.78 is 3.29. The first kappa shape index (κ1) is 9.34. The Hall–Kier alpha value is -2.70. The van der Waals surface area contributed by atoms with Gasteiger partial charge in [-0.3, -0.25) is 14.5 Å². The molecule has 4 heterocycles. The van der Waals surface area contributed by atoms with Crippen LogP contribution in [0.25, 0.3) is 27.6 Å². The zero-order valence-electron chi connectivity index (χ0n) is 9.45. The van der Waals surface area contributed by atoms with E-state index >= 15 is 0 Å². The lowest BCUT2D eigenvalue weighted by Gasteiger charge is -2.06. The topological polar surface area (TPSA) is 80.9 Å². The Morgan fingerprint density at radius 1 is 1.28 bits per heavy atom. The van der Waals surface area contributed by atoms with Gasteiger partial charge in [-0.1, -0.05) is 0 Å². The fraction of sp³-hybridized carbons (Fsp3) is 0.0909. The molecule has 0 saturated heterocycles. The zero-order chi connectivity index (χ0) is 12.3. The molecule has 4 aromatic heterocycles. The summed E-state index contributed by atoms with van der Waals surface area (Å²) in [4.78, 5) is 16.4. The predicted octanol–water partition coefficient (Wildman–Crippen LogP) is 0.457. The number of pyridine rings is 1. The number of hydrogen-bond acceptors (Lipinski definition) is 4. The molecular formula is C11H8N6O. The van der Waals surface area contributed by atoms with Gasteiger partial charge in [-0.2, -0.15) is 10.2 Å². The molecular weight excluding hydrogens is 232 g/mol. The largest absolute Gasteiger partial charge is 0.296 e. The lowest BCUT2D eigenvalue weighted by molar-refractivity contribution is 0.850. The highest BCUT2D eigenvalue weighted by Gasteiger charge is 2.13. The van der Waals surface area contributed by atoms with Crippen molar-refractivity contribution < 1.29 is 0 Å². The van der Waals surface area contributed by atoms with Gasteiger partial charge in [-0.05, 0) is 0 Å². The number of nitrogens with zero attached hydrogens (tertiary/aromatic N) is 5. The molecule has 7 nitrogen and oxygen atoms in total. The summed E-state index contributed by atoms with van der Waals surface area (Å²) in [5.41, 5.74) is 2.03. The second kappa shape index (κ2) is 2.95. The molecule has 0 saturated carbocycles. The number of rotatable bonds is 0. The zero-order valence-corrected chi connectivity index (χ0v) is 9.45. The van der Waals surface area contributed by atoms with E-state index in [0.29, 0.717) is 11.0 Å². The lowest BCUT2D eigenvalue weighted by atomic mass is 10.2. The average molecular weight is 240 g/mol. The van der Waals surface area contributed by atoms with Gasteiger partial charge in [-0.25, -0.2) is 9.50 Å². The van der Waals surface area contributed by atoms with Gasteiger partial charge in [-0.15, -0.1) is 0 Å². The van der Waals surface area contributed by atoms with Gasteiger partial charge in [0.2, 0.25) is 0 Å². The molecule has 0 aromatic carbocycles. The van der Waals surface area contributed by atoms with Crippen LogP contribution in [0.5, 0.6) is 0 Å². The molecule has 0 fully saturated rings. The van der Waals surface area contributed by atoms with Gasteiger partial charge >= 0.3 is 0 Å². The molecule has 4 aromatic rings. The van der Waals surface area contributed by atoms with E-state index in [1.54, 1.807) is 40.8 Å². The lowest BCUT2D eigenvalue weighted by Crippen LogP contribution is -2.20. The molecule has 88 valence electrons. The highest BCUT2D eigenvalue weighted by Crippen LogP contribution is 2.20. The Balaban J connectivity index is 2.50. The van der Waals surface area contributed by atoms with Crippen molar-refractivity contribution in [3.8, 4) is 0 Å². The van der Waals surface area contributed by atoms with Crippen molar-refractivity contribution in [2.45, 2.75) is 0 Å². The first-order valence-corrected chi connectivity index (χ1v) is 5.42. The summed E-state index contributed by atoms with van der Waals surface area (Å²) in [6.45, 7) is 0. The standard InChI is InChI=1S/C11H8N6O/c1-16-8-2-3-14-17(8)9-6-5-13-15-10(6)12-4-7(9)11(16)18/h2-5H,1H3,(H,12,13,15). The van der Waals surface area contributed by atoms with Crippen molar-refractivity contribution in [2.75, 3.05) is 0 Å². The quantitative estimate of drug-likeness (QED) is 0.484. The van der Waals surface area contributed by atoms with Crippen LogP contribution in [0.3, 0.4) is 0 Å². The number of hydrogen-bond donors (Lipinski definition) is 1. The third-order valence-electron chi connectivity index (χ3n) is 3.17. The van der Waals surface area contributed by atoms with Gasteiger partial charge in [0.15, 0.2) is 5.65 Å². The summed E-state index contributed by atoms with van der Waals surface area (Å²) in [5.74, 6) is 0. The Kier molecular flexibility index (Phi) is 1.53. The maximum atomic E-state index is 12.3. The van der Waals surface area contributed by atoms with Gasteiger partial charge in [0.05, 0.1) is 28.7 Å². The third kappa shape index (κ3) is 0.939. The van der Waals surface area contributed by atoms with Crippen LogP contribution in [-0.4, -0.2) is 29.4 Å². The van der Waals surface area contributed by atoms with E-state index in [4.69, 9.17) is 0 Å². The number of aromatic amines is 1. The van der Waals surface area contributed by atoms with E-state index in [-0.39, 0.29) is 5.56 Å². The second-order valence-corrected chi connectivity index (χ2v) is 4.12. The number of fused-ring (bicyclic) bond motifs is 5. The summed E-state index contributed by atoms with van der Waals surface area (Å²) in [6, 6.07) is 1.80. The molecule has 0 aliphatic rings.